The number of nitrogens with one attached hydrogen (secondary N) is 1. The van der Waals surface area contributed by atoms with Crippen molar-refractivity contribution in [1.29, 1.82) is 0 Å². The average molecular weight is 298 g/mol. The van der Waals surface area contributed by atoms with Gasteiger partial charge in [-0.25, -0.2) is 9.59 Å². The normalized spacial score (nSPS) is 29.0. The first-order chi connectivity index (χ1) is 9.98. The summed E-state index contributed by atoms with van der Waals surface area (Å²) in [5.41, 5.74) is -1.08. The largest absolute Gasteiger partial charge is 0.480 e. The number of aliphatic carboxylic acids is 1. The number of amides is 2. The van der Waals surface area contributed by atoms with Crippen LogP contribution in [0.1, 0.15) is 45.4 Å². The van der Waals surface area contributed by atoms with Crippen LogP contribution in [-0.4, -0.2) is 53.8 Å². The molecule has 2 rings (SSSR count). The van der Waals surface area contributed by atoms with Gasteiger partial charge in [0.2, 0.25) is 0 Å². The van der Waals surface area contributed by atoms with E-state index in [0.717, 1.165) is 25.7 Å². The molecule has 120 valence electrons. The average Bonchev–Trinajstić information content (AvgIpc) is 2.48. The van der Waals surface area contributed by atoms with Crippen molar-refractivity contribution in [2.24, 2.45) is 5.92 Å². The number of hydrogen-bond donors (Lipinski definition) is 2. The molecule has 2 fully saturated rings. The number of carbonyl (C=O) groups is 2. The molecular formula is C15H26N2O4. The molecule has 21 heavy (non-hydrogen) atoms. The lowest BCUT2D eigenvalue weighted by Gasteiger charge is -2.40. The molecule has 0 bridgehead atoms. The van der Waals surface area contributed by atoms with Crippen LogP contribution in [0.4, 0.5) is 4.79 Å². The van der Waals surface area contributed by atoms with Gasteiger partial charge in [-0.3, -0.25) is 0 Å². The topological polar surface area (TPSA) is 78.9 Å². The van der Waals surface area contributed by atoms with Gasteiger partial charge in [0.25, 0.3) is 0 Å². The fourth-order valence-corrected chi connectivity index (χ4v) is 3.36. The number of rotatable bonds is 3. The summed E-state index contributed by atoms with van der Waals surface area (Å²) in [6.07, 6.45) is 4.69. The third-order valence-electron chi connectivity index (χ3n) is 4.94. The number of hydrogen-bond acceptors (Lipinski definition) is 3. The molecule has 2 N–H and O–H groups in total. The molecule has 1 heterocycles. The van der Waals surface area contributed by atoms with Crippen LogP contribution in [0.15, 0.2) is 0 Å². The lowest BCUT2D eigenvalue weighted by Crippen LogP contribution is -2.60. The number of ether oxygens (including phenoxy) is 1. The van der Waals surface area contributed by atoms with Crippen LogP contribution < -0.4 is 5.32 Å². The van der Waals surface area contributed by atoms with Crippen LogP contribution >= 0.6 is 0 Å². The molecule has 2 unspecified atom stereocenters. The van der Waals surface area contributed by atoms with E-state index >= 15 is 0 Å². The second-order valence-electron chi connectivity index (χ2n) is 6.36. The van der Waals surface area contributed by atoms with Gasteiger partial charge in [0.1, 0.15) is 5.54 Å². The Morgan fingerprint density at radius 2 is 1.95 bits per heavy atom. The van der Waals surface area contributed by atoms with E-state index in [4.69, 9.17) is 4.74 Å². The maximum absolute atomic E-state index is 12.4. The molecule has 0 aromatic rings. The van der Waals surface area contributed by atoms with Crippen molar-refractivity contribution >= 4 is 12.0 Å². The Bertz CT molecular complexity index is 393. The van der Waals surface area contributed by atoms with Crippen LogP contribution in [0.5, 0.6) is 0 Å². The Balaban J connectivity index is 2.00. The molecule has 1 aliphatic carbocycles. The monoisotopic (exact) mass is 298 g/mol. The standard InChI is InChI=1S/C15H26N2O4/c1-11-6-9-17(10-12(11)21-2)14(20)16-15(13(18)19)7-4-3-5-8-15/h11-12H,3-10H2,1-2H3,(H,16,20)(H,18,19). The summed E-state index contributed by atoms with van der Waals surface area (Å²) in [7, 11) is 1.66. The molecule has 1 saturated heterocycles. The summed E-state index contributed by atoms with van der Waals surface area (Å²) in [5.74, 6) is -0.494. The molecule has 0 radical (unpaired) electrons. The summed E-state index contributed by atoms with van der Waals surface area (Å²) in [4.78, 5) is 25.7. The SMILES string of the molecule is COC1CN(C(=O)NC2(C(=O)O)CCCCC2)CCC1C. The van der Waals surface area contributed by atoms with Gasteiger partial charge in [-0.2, -0.15) is 0 Å². The van der Waals surface area contributed by atoms with E-state index in [9.17, 15) is 14.7 Å². The van der Waals surface area contributed by atoms with Gasteiger partial charge in [0.05, 0.1) is 6.10 Å². The highest BCUT2D eigenvalue weighted by Gasteiger charge is 2.42. The minimum atomic E-state index is -1.08. The summed E-state index contributed by atoms with van der Waals surface area (Å²) in [6, 6.07) is -0.270. The molecule has 2 aliphatic rings. The highest BCUT2D eigenvalue weighted by molar-refractivity contribution is 5.86. The summed E-state index contributed by atoms with van der Waals surface area (Å²) < 4.78 is 5.41. The van der Waals surface area contributed by atoms with Crippen molar-refractivity contribution in [3.05, 3.63) is 0 Å². The van der Waals surface area contributed by atoms with Crippen molar-refractivity contribution < 1.29 is 19.4 Å². The fourth-order valence-electron chi connectivity index (χ4n) is 3.36. The number of likely N-dealkylation sites (tertiary alicyclic amines) is 1. The van der Waals surface area contributed by atoms with E-state index in [-0.39, 0.29) is 12.1 Å². The minimum absolute atomic E-state index is 0.0247. The Labute approximate surface area is 125 Å². The van der Waals surface area contributed by atoms with Gasteiger partial charge in [0.15, 0.2) is 0 Å². The molecular weight excluding hydrogens is 272 g/mol. The predicted octanol–water partition coefficient (Wildman–Crippen LogP) is 1.84. The molecule has 2 atom stereocenters. The van der Waals surface area contributed by atoms with E-state index < -0.39 is 11.5 Å². The number of piperidine rings is 1. The van der Waals surface area contributed by atoms with E-state index in [0.29, 0.717) is 31.8 Å². The van der Waals surface area contributed by atoms with Gasteiger partial charge in [-0.05, 0) is 25.2 Å². The maximum Gasteiger partial charge on any atom is 0.329 e. The van der Waals surface area contributed by atoms with E-state index in [2.05, 4.69) is 12.2 Å². The third kappa shape index (κ3) is 3.48. The zero-order valence-corrected chi connectivity index (χ0v) is 12.9. The van der Waals surface area contributed by atoms with Crippen molar-refractivity contribution in [3.63, 3.8) is 0 Å². The fraction of sp³-hybridized carbons (Fsp3) is 0.867. The number of methoxy groups -OCH3 is 1. The van der Waals surface area contributed by atoms with Crippen molar-refractivity contribution in [2.45, 2.75) is 57.1 Å². The van der Waals surface area contributed by atoms with E-state index in [1.165, 1.54) is 0 Å². The van der Waals surface area contributed by atoms with Gasteiger partial charge in [-0.15, -0.1) is 0 Å². The Kier molecular flexibility index (Phi) is 5.08. The molecule has 0 aromatic carbocycles. The lowest BCUT2D eigenvalue weighted by atomic mass is 9.82. The van der Waals surface area contributed by atoms with E-state index in [1.54, 1.807) is 12.0 Å². The van der Waals surface area contributed by atoms with Crippen molar-refractivity contribution in [2.75, 3.05) is 20.2 Å². The van der Waals surface area contributed by atoms with Gasteiger partial charge >= 0.3 is 12.0 Å². The molecule has 6 heteroatoms. The van der Waals surface area contributed by atoms with Gasteiger partial charge in [-0.1, -0.05) is 26.2 Å². The number of urea groups is 1. The number of nitrogens with zero attached hydrogens (tertiary/aromatic N) is 1. The maximum atomic E-state index is 12.4. The predicted molar refractivity (Wildman–Crippen MR) is 78.1 cm³/mol. The van der Waals surface area contributed by atoms with Gasteiger partial charge in [0, 0.05) is 20.2 Å². The lowest BCUT2D eigenvalue weighted by molar-refractivity contribution is -0.146. The summed E-state index contributed by atoms with van der Waals surface area (Å²) >= 11 is 0. The second kappa shape index (κ2) is 6.64. The van der Waals surface area contributed by atoms with E-state index in [1.807, 2.05) is 0 Å². The van der Waals surface area contributed by atoms with Gasteiger partial charge < -0.3 is 20.1 Å². The molecule has 2 amide bonds. The zero-order valence-electron chi connectivity index (χ0n) is 12.9. The Morgan fingerprint density at radius 3 is 2.52 bits per heavy atom. The molecule has 0 spiro atoms. The summed E-state index contributed by atoms with van der Waals surface area (Å²) in [5, 5.41) is 12.3. The number of carbonyl (C=O) groups excluding carboxylic acids is 1. The highest BCUT2D eigenvalue weighted by Crippen LogP contribution is 2.29. The van der Waals surface area contributed by atoms with Crippen molar-refractivity contribution in [1.82, 2.24) is 10.2 Å². The minimum Gasteiger partial charge on any atom is -0.480 e. The number of carboxylic acids is 1. The smallest absolute Gasteiger partial charge is 0.329 e. The molecule has 1 aliphatic heterocycles. The van der Waals surface area contributed by atoms with Crippen LogP contribution in [-0.2, 0) is 9.53 Å². The Hall–Kier alpha value is -1.30. The molecule has 1 saturated carbocycles. The van der Waals surface area contributed by atoms with Crippen LogP contribution in [0, 0.1) is 5.92 Å². The molecule has 0 aromatic heterocycles. The van der Waals surface area contributed by atoms with Crippen LogP contribution in [0.2, 0.25) is 0 Å². The van der Waals surface area contributed by atoms with Crippen molar-refractivity contribution in [3.8, 4) is 0 Å². The second-order valence-corrected chi connectivity index (χ2v) is 6.36. The quantitative estimate of drug-likeness (QED) is 0.833. The van der Waals surface area contributed by atoms with Crippen LogP contribution in [0.3, 0.4) is 0 Å². The summed E-state index contributed by atoms with van der Waals surface area (Å²) in [6.45, 7) is 3.30. The number of carboxylic acid groups (broad SMARTS) is 1. The Morgan fingerprint density at radius 1 is 1.29 bits per heavy atom. The van der Waals surface area contributed by atoms with Crippen LogP contribution in [0.25, 0.3) is 0 Å². The highest BCUT2D eigenvalue weighted by atomic mass is 16.5. The first-order valence-electron chi connectivity index (χ1n) is 7.82. The first-order valence-corrected chi connectivity index (χ1v) is 7.82. The first kappa shape index (κ1) is 16.1. The zero-order chi connectivity index (χ0) is 15.5. The molecule has 6 nitrogen and oxygen atoms in total. The third-order valence-corrected chi connectivity index (χ3v) is 4.94.